The Labute approximate surface area is 220 Å². The number of carbonyl (C=O) groups excluding carboxylic acids is 1. The van der Waals surface area contributed by atoms with E-state index in [0.29, 0.717) is 5.92 Å². The Kier molecular flexibility index (Phi) is 8.13. The molecule has 0 radical (unpaired) electrons. The number of aromatic amines is 1. The van der Waals surface area contributed by atoms with E-state index in [1.807, 2.05) is 38.2 Å². The lowest BCUT2D eigenvalue weighted by Gasteiger charge is -2.28. The van der Waals surface area contributed by atoms with Crippen LogP contribution in [0.4, 0.5) is 16.4 Å². The molecule has 192 valence electrons. The van der Waals surface area contributed by atoms with Gasteiger partial charge in [0.25, 0.3) is 0 Å². The summed E-state index contributed by atoms with van der Waals surface area (Å²) in [7, 11) is 0. The Balaban J connectivity index is 1.27. The van der Waals surface area contributed by atoms with Crippen molar-refractivity contribution >= 4 is 41.0 Å². The van der Waals surface area contributed by atoms with Crippen molar-refractivity contribution in [3.63, 3.8) is 0 Å². The number of nitrogens with zero attached hydrogens (tertiary/aromatic N) is 3. The van der Waals surface area contributed by atoms with E-state index >= 15 is 0 Å². The summed E-state index contributed by atoms with van der Waals surface area (Å²) in [5.74, 6) is 1.18. The van der Waals surface area contributed by atoms with Gasteiger partial charge in [-0.05, 0) is 76.5 Å². The van der Waals surface area contributed by atoms with Crippen molar-refractivity contribution in [2.75, 3.05) is 18.4 Å². The van der Waals surface area contributed by atoms with Crippen LogP contribution in [0, 0.1) is 0 Å². The number of thiazole rings is 1. The average Bonchev–Trinajstić information content (AvgIpc) is 3.63. The number of hydrogen-bond acceptors (Lipinski definition) is 8. The monoisotopic (exact) mass is 526 g/mol. The van der Waals surface area contributed by atoms with E-state index in [2.05, 4.69) is 43.1 Å². The molecule has 2 aliphatic rings. The van der Waals surface area contributed by atoms with Gasteiger partial charge in [-0.3, -0.25) is 0 Å². The van der Waals surface area contributed by atoms with Gasteiger partial charge >= 0.3 is 6.09 Å². The van der Waals surface area contributed by atoms with Crippen LogP contribution in [-0.4, -0.2) is 50.6 Å². The number of imidazole rings is 1. The van der Waals surface area contributed by atoms with E-state index in [-0.39, 0.29) is 18.2 Å². The van der Waals surface area contributed by atoms with Crippen LogP contribution in [0.1, 0.15) is 63.3 Å². The highest BCUT2D eigenvalue weighted by Crippen LogP contribution is 2.42. The van der Waals surface area contributed by atoms with E-state index in [1.165, 1.54) is 33.2 Å². The molecule has 3 aromatic rings. The fourth-order valence-electron chi connectivity index (χ4n) is 4.77. The van der Waals surface area contributed by atoms with Crippen molar-refractivity contribution in [2.45, 2.75) is 75.3 Å². The second-order valence-corrected chi connectivity index (χ2v) is 11.9. The first-order chi connectivity index (χ1) is 17.5. The molecule has 2 fully saturated rings. The van der Waals surface area contributed by atoms with E-state index in [0.717, 1.165) is 50.4 Å². The zero-order chi connectivity index (χ0) is 24.9. The molecule has 3 heterocycles. The van der Waals surface area contributed by atoms with Crippen molar-refractivity contribution in [3.05, 3.63) is 41.8 Å². The SMILES string of the molecule is CC(C)OC(=O)NC1CCC(c2ncc(-c3ccc(Nc4ncc[nH]4)cc3SN3CCCC3)s2)CC1. The van der Waals surface area contributed by atoms with Crippen LogP contribution in [0.2, 0.25) is 0 Å². The van der Waals surface area contributed by atoms with Crippen LogP contribution in [-0.2, 0) is 4.74 Å². The normalized spacial score (nSPS) is 20.5. The summed E-state index contributed by atoms with van der Waals surface area (Å²) in [4.78, 5) is 26.6. The standard InChI is InChI=1S/C26H34N6O2S2/c1-17(2)34-26(33)31-19-7-5-18(6-8-19)24-29-16-23(35-24)21-10-9-20(30-25-27-11-12-28-25)15-22(21)36-32-13-3-4-14-32/h9-12,15-19H,3-8,13-14H2,1-2H3,(H,31,33)(H2,27,28,30). The molecule has 1 aliphatic heterocycles. The molecule has 0 spiro atoms. The minimum Gasteiger partial charge on any atom is -0.447 e. The van der Waals surface area contributed by atoms with Crippen LogP contribution in [0.25, 0.3) is 10.4 Å². The second-order valence-electron chi connectivity index (χ2n) is 9.71. The van der Waals surface area contributed by atoms with Crippen molar-refractivity contribution in [1.29, 1.82) is 0 Å². The fraction of sp³-hybridized carbons (Fsp3) is 0.500. The number of nitrogens with one attached hydrogen (secondary N) is 3. The number of ether oxygens (including phenoxy) is 1. The number of alkyl carbamates (subject to hydrolysis) is 1. The predicted molar refractivity (Wildman–Crippen MR) is 146 cm³/mol. The Bertz CT molecular complexity index is 1140. The lowest BCUT2D eigenvalue weighted by atomic mass is 9.86. The van der Waals surface area contributed by atoms with E-state index in [1.54, 1.807) is 17.5 Å². The largest absolute Gasteiger partial charge is 0.447 e. The third-order valence-corrected chi connectivity index (χ3v) is 8.92. The Morgan fingerprint density at radius 3 is 2.72 bits per heavy atom. The summed E-state index contributed by atoms with van der Waals surface area (Å²) in [5, 5.41) is 7.58. The number of anilines is 2. The van der Waals surface area contributed by atoms with Crippen molar-refractivity contribution in [3.8, 4) is 10.4 Å². The number of aromatic nitrogens is 3. The van der Waals surface area contributed by atoms with Crippen molar-refractivity contribution in [2.24, 2.45) is 0 Å². The van der Waals surface area contributed by atoms with Crippen LogP contribution < -0.4 is 10.6 Å². The quantitative estimate of drug-likeness (QED) is 0.287. The molecule has 3 N–H and O–H groups in total. The molecule has 0 unspecified atom stereocenters. The van der Waals surface area contributed by atoms with Crippen LogP contribution in [0.15, 0.2) is 41.7 Å². The molecule has 5 rings (SSSR count). The highest BCUT2D eigenvalue weighted by atomic mass is 32.2. The molecule has 36 heavy (non-hydrogen) atoms. The maximum absolute atomic E-state index is 11.9. The number of H-pyrrole nitrogens is 1. The highest BCUT2D eigenvalue weighted by Gasteiger charge is 2.26. The topological polar surface area (TPSA) is 95.2 Å². The van der Waals surface area contributed by atoms with E-state index in [9.17, 15) is 4.79 Å². The summed E-state index contributed by atoms with van der Waals surface area (Å²) < 4.78 is 7.69. The molecular formula is C26H34N6O2S2. The van der Waals surface area contributed by atoms with Crippen molar-refractivity contribution < 1.29 is 9.53 Å². The van der Waals surface area contributed by atoms with Crippen LogP contribution in [0.5, 0.6) is 0 Å². The molecule has 2 aromatic heterocycles. The Morgan fingerprint density at radius 1 is 1.19 bits per heavy atom. The Morgan fingerprint density at radius 2 is 2.00 bits per heavy atom. The third-order valence-electron chi connectivity index (χ3n) is 6.57. The molecule has 8 nitrogen and oxygen atoms in total. The van der Waals surface area contributed by atoms with Gasteiger partial charge in [-0.1, -0.05) is 6.07 Å². The van der Waals surface area contributed by atoms with Gasteiger partial charge in [-0.25, -0.2) is 19.1 Å². The van der Waals surface area contributed by atoms with Gasteiger partial charge in [0.15, 0.2) is 0 Å². The zero-order valence-electron chi connectivity index (χ0n) is 20.8. The van der Waals surface area contributed by atoms with E-state index < -0.39 is 0 Å². The molecule has 1 saturated heterocycles. The number of carbonyl (C=O) groups is 1. The van der Waals surface area contributed by atoms with Gasteiger partial charge in [0.2, 0.25) is 5.95 Å². The smallest absolute Gasteiger partial charge is 0.407 e. The summed E-state index contributed by atoms with van der Waals surface area (Å²) in [6.45, 7) is 5.98. The van der Waals surface area contributed by atoms with Gasteiger partial charge in [-0.15, -0.1) is 11.3 Å². The molecular weight excluding hydrogens is 492 g/mol. The van der Waals surface area contributed by atoms with Crippen molar-refractivity contribution in [1.82, 2.24) is 24.6 Å². The zero-order valence-corrected chi connectivity index (χ0v) is 22.5. The molecule has 1 saturated carbocycles. The minimum absolute atomic E-state index is 0.0985. The fourth-order valence-corrected chi connectivity index (χ4v) is 7.13. The van der Waals surface area contributed by atoms with Gasteiger partial charge < -0.3 is 20.4 Å². The first kappa shape index (κ1) is 25.1. The third kappa shape index (κ3) is 6.41. The van der Waals surface area contributed by atoms with Crippen LogP contribution in [0.3, 0.4) is 0 Å². The van der Waals surface area contributed by atoms with Gasteiger partial charge in [0, 0.05) is 59.8 Å². The molecule has 0 bridgehead atoms. The van der Waals surface area contributed by atoms with Crippen LogP contribution >= 0.6 is 23.3 Å². The number of benzene rings is 1. The van der Waals surface area contributed by atoms with Gasteiger partial charge in [0.05, 0.1) is 16.0 Å². The predicted octanol–water partition coefficient (Wildman–Crippen LogP) is 6.54. The number of hydrogen-bond donors (Lipinski definition) is 3. The Hall–Kier alpha value is -2.56. The molecule has 1 amide bonds. The lowest BCUT2D eigenvalue weighted by molar-refractivity contribution is 0.109. The molecule has 10 heteroatoms. The number of amides is 1. The molecule has 1 aliphatic carbocycles. The maximum atomic E-state index is 11.9. The summed E-state index contributed by atoms with van der Waals surface area (Å²) in [5.41, 5.74) is 2.24. The van der Waals surface area contributed by atoms with E-state index in [4.69, 9.17) is 9.72 Å². The number of rotatable bonds is 8. The molecule has 0 atom stereocenters. The summed E-state index contributed by atoms with van der Waals surface area (Å²) in [6.07, 6.45) is 11.7. The minimum atomic E-state index is -0.307. The van der Waals surface area contributed by atoms with Gasteiger partial charge in [0.1, 0.15) is 0 Å². The average molecular weight is 527 g/mol. The first-order valence-electron chi connectivity index (χ1n) is 12.8. The molecule has 1 aromatic carbocycles. The maximum Gasteiger partial charge on any atom is 0.407 e. The highest BCUT2D eigenvalue weighted by molar-refractivity contribution is 7.97. The summed E-state index contributed by atoms with van der Waals surface area (Å²) in [6, 6.07) is 6.71. The van der Waals surface area contributed by atoms with Gasteiger partial charge in [-0.2, -0.15) is 0 Å². The first-order valence-corrected chi connectivity index (χ1v) is 14.4. The second kappa shape index (κ2) is 11.7. The lowest BCUT2D eigenvalue weighted by Crippen LogP contribution is -2.38. The summed E-state index contributed by atoms with van der Waals surface area (Å²) >= 11 is 3.65.